The van der Waals surface area contributed by atoms with E-state index in [1.54, 1.807) is 12.1 Å². The predicted molar refractivity (Wildman–Crippen MR) is 55.2 cm³/mol. The summed E-state index contributed by atoms with van der Waals surface area (Å²) in [6.45, 7) is 5.66. The third-order valence-corrected chi connectivity index (χ3v) is 2.07. The van der Waals surface area contributed by atoms with Crippen LogP contribution in [0.1, 0.15) is 26.5 Å². The predicted octanol–water partition coefficient (Wildman–Crippen LogP) is 2.29. The molecular formula is C10H13ClN2O. The molecule has 1 rings (SSSR count). The Labute approximate surface area is 88.5 Å². The van der Waals surface area contributed by atoms with E-state index in [1.165, 1.54) is 0 Å². The number of hydrogen-bond acceptors (Lipinski definition) is 3. The van der Waals surface area contributed by atoms with Gasteiger partial charge >= 0.3 is 0 Å². The van der Waals surface area contributed by atoms with Crippen molar-refractivity contribution in [1.82, 2.24) is 10.2 Å². The zero-order chi connectivity index (χ0) is 10.8. The second-order valence-electron chi connectivity index (χ2n) is 4.20. The van der Waals surface area contributed by atoms with E-state index >= 15 is 0 Å². The molecule has 0 aromatic carbocycles. The highest BCUT2D eigenvalue weighted by molar-refractivity contribution is 6.29. The first-order chi connectivity index (χ1) is 6.39. The van der Waals surface area contributed by atoms with E-state index in [0.29, 0.717) is 17.3 Å². The van der Waals surface area contributed by atoms with Gasteiger partial charge in [-0.2, -0.15) is 5.10 Å². The van der Waals surface area contributed by atoms with Crippen molar-refractivity contribution in [2.24, 2.45) is 5.41 Å². The van der Waals surface area contributed by atoms with Crippen LogP contribution in [0.5, 0.6) is 0 Å². The first-order valence-electron chi connectivity index (χ1n) is 4.41. The van der Waals surface area contributed by atoms with Gasteiger partial charge in [0.05, 0.1) is 12.1 Å². The summed E-state index contributed by atoms with van der Waals surface area (Å²) in [7, 11) is 0. The van der Waals surface area contributed by atoms with Crippen molar-refractivity contribution in [3.05, 3.63) is 23.0 Å². The summed E-state index contributed by atoms with van der Waals surface area (Å²) in [5.74, 6) is 0.147. The number of nitrogens with zero attached hydrogens (tertiary/aromatic N) is 2. The van der Waals surface area contributed by atoms with Crippen molar-refractivity contribution < 1.29 is 4.79 Å². The summed E-state index contributed by atoms with van der Waals surface area (Å²) in [5.41, 5.74) is 0.329. The number of Topliss-reactive ketones (excluding diaryl/α,β-unsaturated/α-hetero) is 1. The van der Waals surface area contributed by atoms with Crippen LogP contribution >= 0.6 is 11.6 Å². The number of rotatable bonds is 2. The highest BCUT2D eigenvalue weighted by atomic mass is 35.5. The fourth-order valence-electron chi connectivity index (χ4n) is 0.868. The molecule has 0 saturated carbocycles. The summed E-state index contributed by atoms with van der Waals surface area (Å²) in [4.78, 5) is 11.6. The molecule has 0 unspecified atom stereocenters. The lowest BCUT2D eigenvalue weighted by Gasteiger charge is -2.15. The van der Waals surface area contributed by atoms with Crippen LogP contribution in [0, 0.1) is 5.41 Å². The van der Waals surface area contributed by atoms with Crippen molar-refractivity contribution in [3.8, 4) is 0 Å². The van der Waals surface area contributed by atoms with Crippen LogP contribution in [0.25, 0.3) is 0 Å². The molecule has 0 aliphatic rings. The molecule has 0 atom stereocenters. The Balaban J connectivity index is 2.71. The number of carbonyl (C=O) groups is 1. The summed E-state index contributed by atoms with van der Waals surface area (Å²) in [5, 5.41) is 7.85. The largest absolute Gasteiger partial charge is 0.299 e. The Kier molecular flexibility index (Phi) is 3.21. The van der Waals surface area contributed by atoms with Crippen molar-refractivity contribution in [2.75, 3.05) is 0 Å². The van der Waals surface area contributed by atoms with E-state index in [2.05, 4.69) is 10.2 Å². The monoisotopic (exact) mass is 212 g/mol. The van der Waals surface area contributed by atoms with E-state index in [4.69, 9.17) is 11.6 Å². The molecule has 0 aliphatic carbocycles. The zero-order valence-corrected chi connectivity index (χ0v) is 9.30. The third-order valence-electron chi connectivity index (χ3n) is 1.87. The molecule has 0 bridgehead atoms. The molecule has 0 radical (unpaired) electrons. The fourth-order valence-corrected chi connectivity index (χ4v) is 0.968. The standard InChI is InChI=1S/C10H13ClN2O/c1-10(2,3)8(14)6-7-4-5-9(11)13-12-7/h4-5H,6H2,1-3H3. The van der Waals surface area contributed by atoms with Crippen LogP contribution in [0.15, 0.2) is 12.1 Å². The van der Waals surface area contributed by atoms with Crippen LogP contribution < -0.4 is 0 Å². The van der Waals surface area contributed by atoms with Gasteiger partial charge in [-0.25, -0.2) is 0 Å². The van der Waals surface area contributed by atoms with Gasteiger partial charge in [0, 0.05) is 5.41 Å². The minimum atomic E-state index is -0.332. The van der Waals surface area contributed by atoms with Crippen molar-refractivity contribution in [3.63, 3.8) is 0 Å². The normalized spacial score (nSPS) is 11.4. The molecule has 1 heterocycles. The highest BCUT2D eigenvalue weighted by Gasteiger charge is 2.21. The van der Waals surface area contributed by atoms with Gasteiger partial charge in [-0.1, -0.05) is 32.4 Å². The van der Waals surface area contributed by atoms with Gasteiger partial charge in [0.1, 0.15) is 5.78 Å². The van der Waals surface area contributed by atoms with Gasteiger partial charge in [-0.3, -0.25) is 4.79 Å². The number of hydrogen-bond donors (Lipinski definition) is 0. The van der Waals surface area contributed by atoms with Crippen LogP contribution in [0.3, 0.4) is 0 Å². The molecule has 1 aromatic rings. The summed E-state index contributed by atoms with van der Waals surface area (Å²) < 4.78 is 0. The quantitative estimate of drug-likeness (QED) is 0.756. The van der Waals surface area contributed by atoms with Crippen molar-refractivity contribution in [1.29, 1.82) is 0 Å². The number of carbonyl (C=O) groups excluding carboxylic acids is 1. The minimum absolute atomic E-state index is 0.147. The lowest BCUT2D eigenvalue weighted by molar-refractivity contribution is -0.125. The van der Waals surface area contributed by atoms with Gasteiger partial charge in [0.15, 0.2) is 5.15 Å². The first-order valence-corrected chi connectivity index (χ1v) is 4.79. The Hall–Kier alpha value is -0.960. The summed E-state index contributed by atoms with van der Waals surface area (Å²) in [6, 6.07) is 3.36. The average molecular weight is 213 g/mol. The minimum Gasteiger partial charge on any atom is -0.299 e. The molecule has 0 fully saturated rings. The third kappa shape index (κ3) is 3.07. The summed E-state index contributed by atoms with van der Waals surface area (Å²) >= 11 is 5.58. The Morgan fingerprint density at radius 1 is 1.36 bits per heavy atom. The van der Waals surface area contributed by atoms with Crippen molar-refractivity contribution in [2.45, 2.75) is 27.2 Å². The maximum atomic E-state index is 11.6. The van der Waals surface area contributed by atoms with Gasteiger partial charge in [0.2, 0.25) is 0 Å². The second-order valence-corrected chi connectivity index (χ2v) is 4.58. The van der Waals surface area contributed by atoms with E-state index in [-0.39, 0.29) is 11.2 Å². The molecule has 3 nitrogen and oxygen atoms in total. The van der Waals surface area contributed by atoms with Crippen LogP contribution in [-0.2, 0) is 11.2 Å². The second kappa shape index (κ2) is 4.05. The molecule has 76 valence electrons. The molecule has 0 spiro atoms. The van der Waals surface area contributed by atoms with Crippen LogP contribution in [-0.4, -0.2) is 16.0 Å². The molecule has 0 N–H and O–H groups in total. The molecular weight excluding hydrogens is 200 g/mol. The number of aromatic nitrogens is 2. The number of ketones is 1. The first kappa shape index (κ1) is 11.1. The summed E-state index contributed by atoms with van der Waals surface area (Å²) in [6.07, 6.45) is 0.313. The average Bonchev–Trinajstić information content (AvgIpc) is 2.07. The molecule has 14 heavy (non-hydrogen) atoms. The van der Waals surface area contributed by atoms with E-state index in [1.807, 2.05) is 20.8 Å². The molecule has 0 saturated heterocycles. The van der Waals surface area contributed by atoms with E-state index in [9.17, 15) is 4.79 Å². The maximum Gasteiger partial charge on any atom is 0.151 e. The van der Waals surface area contributed by atoms with Gasteiger partial charge in [-0.15, -0.1) is 5.10 Å². The van der Waals surface area contributed by atoms with Crippen molar-refractivity contribution >= 4 is 17.4 Å². The number of halogens is 1. The highest BCUT2D eigenvalue weighted by Crippen LogP contribution is 2.17. The Morgan fingerprint density at radius 2 is 2.00 bits per heavy atom. The van der Waals surface area contributed by atoms with Crippen LogP contribution in [0.2, 0.25) is 5.15 Å². The Morgan fingerprint density at radius 3 is 2.43 bits per heavy atom. The van der Waals surface area contributed by atoms with Gasteiger partial charge < -0.3 is 0 Å². The van der Waals surface area contributed by atoms with E-state index in [0.717, 1.165) is 0 Å². The fraction of sp³-hybridized carbons (Fsp3) is 0.500. The zero-order valence-electron chi connectivity index (χ0n) is 8.54. The smallest absolute Gasteiger partial charge is 0.151 e. The molecule has 4 heteroatoms. The maximum absolute atomic E-state index is 11.6. The topological polar surface area (TPSA) is 42.9 Å². The Bertz CT molecular complexity index is 327. The van der Waals surface area contributed by atoms with Gasteiger partial charge in [0.25, 0.3) is 0 Å². The lowest BCUT2D eigenvalue weighted by Crippen LogP contribution is -2.22. The molecule has 1 aromatic heterocycles. The van der Waals surface area contributed by atoms with Crippen LogP contribution in [0.4, 0.5) is 0 Å². The van der Waals surface area contributed by atoms with E-state index < -0.39 is 0 Å². The van der Waals surface area contributed by atoms with Gasteiger partial charge in [-0.05, 0) is 12.1 Å². The molecule has 0 aliphatic heterocycles. The SMILES string of the molecule is CC(C)(C)C(=O)Cc1ccc(Cl)nn1. The lowest BCUT2D eigenvalue weighted by atomic mass is 9.88. The molecule has 0 amide bonds.